The maximum atomic E-state index is 14.1. The summed E-state index contributed by atoms with van der Waals surface area (Å²) in [7, 11) is 0. The largest absolute Gasteiger partial charge is 0.483 e. The summed E-state index contributed by atoms with van der Waals surface area (Å²) < 4.78 is 11.7. The fraction of sp³-hybridized carbons (Fsp3) is 0.194. The number of hydrogen-bond donors (Lipinski definition) is 2. The van der Waals surface area contributed by atoms with Gasteiger partial charge in [0.15, 0.2) is 6.61 Å². The molecule has 4 aromatic rings. The van der Waals surface area contributed by atoms with Crippen LogP contribution in [0.4, 0.5) is 11.4 Å². The van der Waals surface area contributed by atoms with E-state index in [-0.39, 0.29) is 24.0 Å². The second-order valence-corrected chi connectivity index (χ2v) is 13.0. The smallest absolute Gasteiger partial charge is 0.338 e. The molecule has 1 saturated heterocycles. The third kappa shape index (κ3) is 5.70. The molecule has 6 rings (SSSR count). The maximum absolute atomic E-state index is 14.1. The quantitative estimate of drug-likeness (QED) is 0.190. The molecule has 3 heterocycles. The highest BCUT2D eigenvalue weighted by Crippen LogP contribution is 2.54. The lowest BCUT2D eigenvalue weighted by Crippen LogP contribution is -2.32. The van der Waals surface area contributed by atoms with Gasteiger partial charge in [-0.05, 0) is 61.5 Å². The number of anilines is 2. The number of nitrogens with zero attached hydrogens (tertiary/aromatic N) is 1. The van der Waals surface area contributed by atoms with Crippen molar-refractivity contribution in [2.45, 2.75) is 23.1 Å². The monoisotopic (exact) mass is 693 g/mol. The summed E-state index contributed by atoms with van der Waals surface area (Å²) in [6, 6.07) is 20.3. The van der Waals surface area contributed by atoms with E-state index in [0.29, 0.717) is 42.6 Å². The lowest BCUT2D eigenvalue weighted by molar-refractivity contribution is -0.122. The molecule has 10 nitrogen and oxygen atoms in total. The van der Waals surface area contributed by atoms with Crippen LogP contribution in [0.15, 0.2) is 87.1 Å². The molecule has 13 heteroatoms. The summed E-state index contributed by atoms with van der Waals surface area (Å²) in [5, 5.41) is 2.46. The highest BCUT2D eigenvalue weighted by molar-refractivity contribution is 9.10. The van der Waals surface area contributed by atoms with Crippen LogP contribution in [-0.4, -0.2) is 47.1 Å². The molecule has 0 saturated carbocycles. The van der Waals surface area contributed by atoms with Crippen LogP contribution < -0.4 is 19.8 Å². The van der Waals surface area contributed by atoms with Crippen molar-refractivity contribution in [3.8, 4) is 5.75 Å². The van der Waals surface area contributed by atoms with Crippen LogP contribution in [0.5, 0.6) is 5.75 Å². The Balaban J connectivity index is 1.34. The van der Waals surface area contributed by atoms with Crippen molar-refractivity contribution in [3.63, 3.8) is 0 Å². The predicted molar refractivity (Wildman–Crippen MR) is 170 cm³/mol. The average molecular weight is 695 g/mol. The van der Waals surface area contributed by atoms with Crippen LogP contribution in [0.1, 0.15) is 33.6 Å². The minimum atomic E-state index is -0.869. The minimum Gasteiger partial charge on any atom is -0.483 e. The Bertz CT molecular complexity index is 1820. The van der Waals surface area contributed by atoms with Gasteiger partial charge in [-0.2, -0.15) is 0 Å². The number of benzene rings is 3. The Morgan fingerprint density at radius 1 is 1.00 bits per heavy atom. The molecule has 3 unspecified atom stereocenters. The lowest BCUT2D eigenvalue weighted by Gasteiger charge is -2.31. The molecular weight excluding hydrogens is 670 g/mol. The number of fused-ring (bicyclic) bond motifs is 2. The number of aromatic nitrogens is 1. The van der Waals surface area contributed by atoms with Crippen LogP contribution in [0.25, 0.3) is 0 Å². The first-order chi connectivity index (χ1) is 21.2. The average Bonchev–Trinajstić information content (AvgIpc) is 3.51. The molecule has 2 aliphatic heterocycles. The standard InChI is InChI=1S/C31H24BrN3O7S2/c1-2-41-30(39)16-8-11-19(12-9-16)35-28(37)24-23(25-27(34-31(40)44-25)43-26(24)29(35)38)20-14-17(32)10-13-21(20)42-15-22(36)33-18-6-4-3-5-7-18/h3-14,23-24,26H,2,15H2,1H3,(H,33,36)(H,34,40). The number of para-hydroxylation sites is 1. The number of aromatic amines is 1. The fourth-order valence-electron chi connectivity index (χ4n) is 5.32. The Hall–Kier alpha value is -4.20. The zero-order valence-corrected chi connectivity index (χ0v) is 26.3. The van der Waals surface area contributed by atoms with E-state index in [9.17, 15) is 24.0 Å². The van der Waals surface area contributed by atoms with Gasteiger partial charge in [-0.15, -0.1) is 0 Å². The summed E-state index contributed by atoms with van der Waals surface area (Å²) in [5.74, 6) is -3.00. The molecule has 3 amide bonds. The summed E-state index contributed by atoms with van der Waals surface area (Å²) in [5.41, 5.74) is 1.80. The number of amides is 3. The van der Waals surface area contributed by atoms with Crippen LogP contribution in [0, 0.1) is 5.92 Å². The second-order valence-electron chi connectivity index (χ2n) is 9.91. The van der Waals surface area contributed by atoms with Gasteiger partial charge in [-0.3, -0.25) is 19.2 Å². The van der Waals surface area contributed by atoms with Gasteiger partial charge in [-0.25, -0.2) is 9.69 Å². The van der Waals surface area contributed by atoms with E-state index < -0.39 is 34.9 Å². The number of carbonyl (C=O) groups is 4. The molecule has 0 aliphatic carbocycles. The van der Waals surface area contributed by atoms with Crippen LogP contribution in [0.3, 0.4) is 0 Å². The number of carbonyl (C=O) groups excluding carboxylic acids is 4. The number of imide groups is 1. The molecule has 2 N–H and O–H groups in total. The van der Waals surface area contributed by atoms with E-state index in [2.05, 4.69) is 26.2 Å². The van der Waals surface area contributed by atoms with Crippen molar-refractivity contribution >= 4 is 74.1 Å². The van der Waals surface area contributed by atoms with Crippen LogP contribution >= 0.6 is 39.0 Å². The Kier molecular flexibility index (Phi) is 8.43. The molecule has 3 atom stereocenters. The predicted octanol–water partition coefficient (Wildman–Crippen LogP) is 5.19. The topological polar surface area (TPSA) is 135 Å². The number of hydrogen-bond acceptors (Lipinski definition) is 9. The Labute approximate surface area is 267 Å². The number of rotatable bonds is 8. The van der Waals surface area contributed by atoms with Crippen molar-refractivity contribution in [2.75, 3.05) is 23.4 Å². The summed E-state index contributed by atoms with van der Waals surface area (Å²) in [6.45, 7) is 1.62. The van der Waals surface area contributed by atoms with Crippen molar-refractivity contribution < 1.29 is 28.7 Å². The van der Waals surface area contributed by atoms with Gasteiger partial charge in [0.05, 0.1) is 28.8 Å². The Morgan fingerprint density at radius 2 is 1.75 bits per heavy atom. The molecular formula is C31H24BrN3O7S2. The number of thioether (sulfide) groups is 1. The van der Waals surface area contributed by atoms with E-state index in [0.717, 1.165) is 28.0 Å². The van der Waals surface area contributed by atoms with E-state index in [1.165, 1.54) is 24.3 Å². The third-order valence-electron chi connectivity index (χ3n) is 7.18. The SMILES string of the molecule is CCOC(=O)c1ccc(N2C(=O)C3Sc4[nH]c(=O)sc4C(c4cc(Br)ccc4OCC(=O)Nc4ccccc4)C3C2=O)cc1. The molecule has 1 fully saturated rings. The van der Waals surface area contributed by atoms with Crippen molar-refractivity contribution in [2.24, 2.45) is 5.92 Å². The molecule has 3 aromatic carbocycles. The second kappa shape index (κ2) is 12.4. The number of H-pyrrole nitrogens is 1. The summed E-state index contributed by atoms with van der Waals surface area (Å²) >= 11 is 5.63. The molecule has 2 aliphatic rings. The van der Waals surface area contributed by atoms with Gasteiger partial charge in [0.1, 0.15) is 11.0 Å². The summed E-state index contributed by atoms with van der Waals surface area (Å²) in [4.78, 5) is 69.6. The normalized spacial score (nSPS) is 18.9. The highest BCUT2D eigenvalue weighted by Gasteiger charge is 2.56. The van der Waals surface area contributed by atoms with Crippen molar-refractivity contribution in [1.29, 1.82) is 0 Å². The number of esters is 1. The van der Waals surface area contributed by atoms with Crippen LogP contribution in [0.2, 0.25) is 0 Å². The van der Waals surface area contributed by atoms with E-state index >= 15 is 0 Å². The zero-order chi connectivity index (χ0) is 31.0. The minimum absolute atomic E-state index is 0.219. The lowest BCUT2D eigenvalue weighted by atomic mass is 9.82. The first-order valence-corrected chi connectivity index (χ1v) is 16.1. The number of halogens is 1. The Morgan fingerprint density at radius 3 is 2.48 bits per heavy atom. The number of nitrogens with one attached hydrogen (secondary N) is 2. The van der Waals surface area contributed by atoms with Gasteiger partial charge < -0.3 is 19.8 Å². The van der Waals surface area contributed by atoms with E-state index in [4.69, 9.17) is 9.47 Å². The number of thiazole rings is 1. The highest BCUT2D eigenvalue weighted by atomic mass is 79.9. The first kappa shape index (κ1) is 29.9. The molecule has 1 aromatic heterocycles. The van der Waals surface area contributed by atoms with E-state index in [1.807, 2.05) is 6.07 Å². The fourth-order valence-corrected chi connectivity index (χ4v) is 8.21. The van der Waals surface area contributed by atoms with Gasteiger partial charge in [0.25, 0.3) is 5.91 Å². The van der Waals surface area contributed by atoms with E-state index in [1.54, 1.807) is 49.4 Å². The van der Waals surface area contributed by atoms with Crippen LogP contribution in [-0.2, 0) is 19.1 Å². The van der Waals surface area contributed by atoms with Crippen molar-refractivity contribution in [3.05, 3.63) is 103 Å². The molecule has 0 spiro atoms. The van der Waals surface area contributed by atoms with Gasteiger partial charge in [0.2, 0.25) is 11.8 Å². The summed E-state index contributed by atoms with van der Waals surface area (Å²) in [6.07, 6.45) is 0. The first-order valence-electron chi connectivity index (χ1n) is 13.6. The molecule has 0 bridgehead atoms. The molecule has 44 heavy (non-hydrogen) atoms. The van der Waals surface area contributed by atoms with Crippen molar-refractivity contribution in [1.82, 2.24) is 4.98 Å². The zero-order valence-electron chi connectivity index (χ0n) is 23.1. The van der Waals surface area contributed by atoms with Gasteiger partial charge in [0, 0.05) is 26.5 Å². The third-order valence-corrected chi connectivity index (χ3v) is 10.1. The molecule has 224 valence electrons. The molecule has 0 radical (unpaired) electrons. The maximum Gasteiger partial charge on any atom is 0.338 e. The van der Waals surface area contributed by atoms with Gasteiger partial charge in [-0.1, -0.05) is 57.2 Å². The number of ether oxygens (including phenoxy) is 2. The van der Waals surface area contributed by atoms with Gasteiger partial charge >= 0.3 is 10.8 Å².